The van der Waals surface area contributed by atoms with Crippen molar-refractivity contribution >= 4 is 46.6 Å². The van der Waals surface area contributed by atoms with E-state index >= 15 is 0 Å². The molecule has 0 bridgehead atoms. The van der Waals surface area contributed by atoms with E-state index in [-0.39, 0.29) is 27.9 Å². The van der Waals surface area contributed by atoms with Crippen LogP contribution in [-0.4, -0.2) is 10.8 Å². The summed E-state index contributed by atoms with van der Waals surface area (Å²) in [5.41, 5.74) is 0.921. The maximum Gasteiger partial charge on any atom is 0.273 e. The second-order valence-corrected chi connectivity index (χ2v) is 6.82. The molecule has 0 fully saturated rings. The number of rotatable bonds is 5. The molecule has 0 spiro atoms. The molecule has 1 N–H and O–H groups in total. The molecule has 0 radical (unpaired) electrons. The summed E-state index contributed by atoms with van der Waals surface area (Å²) in [4.78, 5) is 23.2. The second-order valence-electron chi connectivity index (χ2n) is 5.98. The number of hydrogen-bond donors (Lipinski definition) is 1. The first kappa shape index (κ1) is 20.4. The van der Waals surface area contributed by atoms with Gasteiger partial charge in [0, 0.05) is 16.7 Å². The highest BCUT2D eigenvalue weighted by Gasteiger charge is 2.18. The van der Waals surface area contributed by atoms with Gasteiger partial charge in [0.15, 0.2) is 0 Å². The van der Waals surface area contributed by atoms with Crippen LogP contribution < -0.4 is 5.32 Å². The Morgan fingerprint density at radius 1 is 1.26 bits per heavy atom. The standard InChI is InChI=1S/C19H15Cl2N3O3/c1-11(2)15-5-3-12(8-18(15)24(26)27)7-13(10-22)19(25)23-17-9-14(20)4-6-16(17)21/h3-9,11H,1-2H3,(H,23,25). The fraction of sp³-hybridized carbons (Fsp3) is 0.158. The third kappa shape index (κ3) is 5.07. The highest BCUT2D eigenvalue weighted by Crippen LogP contribution is 2.29. The van der Waals surface area contributed by atoms with Crippen LogP contribution in [0.3, 0.4) is 0 Å². The summed E-state index contributed by atoms with van der Waals surface area (Å²) in [6, 6.07) is 10.9. The van der Waals surface area contributed by atoms with Crippen LogP contribution in [0.2, 0.25) is 10.0 Å². The fourth-order valence-electron chi connectivity index (χ4n) is 2.40. The van der Waals surface area contributed by atoms with Crippen LogP contribution >= 0.6 is 23.2 Å². The lowest BCUT2D eigenvalue weighted by atomic mass is 9.98. The number of benzene rings is 2. The number of nitrogens with one attached hydrogen (secondary N) is 1. The number of amides is 1. The molecule has 0 heterocycles. The minimum absolute atomic E-state index is 0.0351. The average Bonchev–Trinajstić information content (AvgIpc) is 2.62. The minimum atomic E-state index is -0.697. The largest absolute Gasteiger partial charge is 0.320 e. The van der Waals surface area contributed by atoms with E-state index in [1.165, 1.54) is 24.3 Å². The normalized spacial score (nSPS) is 11.2. The second kappa shape index (κ2) is 8.67. The Bertz CT molecular complexity index is 979. The number of nitrogens with zero attached hydrogens (tertiary/aromatic N) is 2. The molecule has 27 heavy (non-hydrogen) atoms. The van der Waals surface area contributed by atoms with Crippen molar-refractivity contribution < 1.29 is 9.72 Å². The predicted molar refractivity (Wildman–Crippen MR) is 106 cm³/mol. The van der Waals surface area contributed by atoms with E-state index in [1.54, 1.807) is 24.3 Å². The molecule has 2 rings (SSSR count). The van der Waals surface area contributed by atoms with E-state index < -0.39 is 10.8 Å². The highest BCUT2D eigenvalue weighted by molar-refractivity contribution is 6.36. The van der Waals surface area contributed by atoms with Crippen molar-refractivity contribution in [1.82, 2.24) is 0 Å². The average molecular weight is 404 g/mol. The van der Waals surface area contributed by atoms with Crippen molar-refractivity contribution in [3.8, 4) is 6.07 Å². The molecule has 0 atom stereocenters. The quantitative estimate of drug-likeness (QED) is 0.305. The Morgan fingerprint density at radius 3 is 2.56 bits per heavy atom. The lowest BCUT2D eigenvalue weighted by molar-refractivity contribution is -0.385. The van der Waals surface area contributed by atoms with Gasteiger partial charge in [0.1, 0.15) is 11.6 Å². The molecule has 0 saturated carbocycles. The molecule has 0 aliphatic heterocycles. The van der Waals surface area contributed by atoms with E-state index in [2.05, 4.69) is 5.32 Å². The number of hydrogen-bond acceptors (Lipinski definition) is 4. The van der Waals surface area contributed by atoms with Crippen molar-refractivity contribution in [2.45, 2.75) is 19.8 Å². The summed E-state index contributed by atoms with van der Waals surface area (Å²) < 4.78 is 0. The van der Waals surface area contributed by atoms with Crippen molar-refractivity contribution in [3.63, 3.8) is 0 Å². The van der Waals surface area contributed by atoms with Crippen LogP contribution in [0.25, 0.3) is 6.08 Å². The topological polar surface area (TPSA) is 96.0 Å². The Balaban J connectivity index is 2.36. The molecule has 1 amide bonds. The minimum Gasteiger partial charge on any atom is -0.320 e. The lowest BCUT2D eigenvalue weighted by Crippen LogP contribution is -2.13. The lowest BCUT2D eigenvalue weighted by Gasteiger charge is -2.08. The fourth-order valence-corrected chi connectivity index (χ4v) is 2.73. The zero-order valence-corrected chi connectivity index (χ0v) is 16.0. The number of carbonyl (C=O) groups excluding carboxylic acids is 1. The molecule has 2 aromatic carbocycles. The molecule has 0 unspecified atom stereocenters. The van der Waals surface area contributed by atoms with Gasteiger partial charge in [-0.2, -0.15) is 5.26 Å². The number of carbonyl (C=O) groups is 1. The molecular weight excluding hydrogens is 389 g/mol. The van der Waals surface area contributed by atoms with Gasteiger partial charge in [0.05, 0.1) is 15.6 Å². The van der Waals surface area contributed by atoms with E-state index in [9.17, 15) is 20.2 Å². The van der Waals surface area contributed by atoms with Gasteiger partial charge in [-0.05, 0) is 35.8 Å². The molecule has 0 aliphatic carbocycles. The van der Waals surface area contributed by atoms with E-state index in [4.69, 9.17) is 23.2 Å². The Kier molecular flexibility index (Phi) is 6.56. The first-order chi connectivity index (χ1) is 12.7. The van der Waals surface area contributed by atoms with Crippen molar-refractivity contribution in [2.24, 2.45) is 0 Å². The monoisotopic (exact) mass is 403 g/mol. The molecule has 8 heteroatoms. The van der Waals surface area contributed by atoms with Crippen LogP contribution in [0.15, 0.2) is 42.0 Å². The van der Waals surface area contributed by atoms with Crippen LogP contribution in [0.1, 0.15) is 30.9 Å². The molecular formula is C19H15Cl2N3O3. The molecule has 2 aromatic rings. The molecule has 0 saturated heterocycles. The number of halogens is 2. The van der Waals surface area contributed by atoms with E-state index in [0.717, 1.165) is 0 Å². The van der Waals surface area contributed by atoms with E-state index in [0.29, 0.717) is 16.1 Å². The van der Waals surface area contributed by atoms with Gasteiger partial charge in [-0.1, -0.05) is 49.2 Å². The van der Waals surface area contributed by atoms with Crippen LogP contribution in [0.4, 0.5) is 11.4 Å². The smallest absolute Gasteiger partial charge is 0.273 e. The van der Waals surface area contributed by atoms with Crippen LogP contribution in [0, 0.1) is 21.4 Å². The zero-order valence-electron chi connectivity index (χ0n) is 14.5. The summed E-state index contributed by atoms with van der Waals surface area (Å²) in [6.07, 6.45) is 1.28. The maximum absolute atomic E-state index is 12.4. The third-order valence-corrected chi connectivity index (χ3v) is 4.29. The number of anilines is 1. The number of nitro benzene ring substituents is 1. The Hall–Kier alpha value is -2.88. The molecule has 0 aliphatic rings. The van der Waals surface area contributed by atoms with Gasteiger partial charge in [0.2, 0.25) is 0 Å². The summed E-state index contributed by atoms with van der Waals surface area (Å²) >= 11 is 11.9. The summed E-state index contributed by atoms with van der Waals surface area (Å²) in [5, 5.41) is 23.7. The predicted octanol–water partition coefficient (Wildman–Crippen LogP) is 5.57. The van der Waals surface area contributed by atoms with Gasteiger partial charge in [-0.15, -0.1) is 0 Å². The van der Waals surface area contributed by atoms with Crippen molar-refractivity contribution in [3.05, 3.63) is 73.3 Å². The molecule has 0 aromatic heterocycles. The first-order valence-corrected chi connectivity index (χ1v) is 8.65. The van der Waals surface area contributed by atoms with Gasteiger partial charge >= 0.3 is 0 Å². The molecule has 6 nitrogen and oxygen atoms in total. The zero-order chi connectivity index (χ0) is 20.1. The Morgan fingerprint density at radius 2 is 1.96 bits per heavy atom. The highest BCUT2D eigenvalue weighted by atomic mass is 35.5. The summed E-state index contributed by atoms with van der Waals surface area (Å²) in [5.74, 6) is -0.732. The van der Waals surface area contributed by atoms with Gasteiger partial charge in [-0.3, -0.25) is 14.9 Å². The Labute approximate surface area is 166 Å². The van der Waals surface area contributed by atoms with Crippen molar-refractivity contribution in [1.29, 1.82) is 5.26 Å². The SMILES string of the molecule is CC(C)c1ccc(C=C(C#N)C(=O)Nc2cc(Cl)ccc2Cl)cc1[N+](=O)[O-]. The molecule has 138 valence electrons. The summed E-state index contributed by atoms with van der Waals surface area (Å²) in [6.45, 7) is 3.70. The van der Waals surface area contributed by atoms with Gasteiger partial charge in [0.25, 0.3) is 11.6 Å². The number of nitro groups is 1. The van der Waals surface area contributed by atoms with Crippen LogP contribution in [-0.2, 0) is 4.79 Å². The first-order valence-electron chi connectivity index (χ1n) is 7.89. The maximum atomic E-state index is 12.4. The van der Waals surface area contributed by atoms with Crippen molar-refractivity contribution in [2.75, 3.05) is 5.32 Å². The van der Waals surface area contributed by atoms with Gasteiger partial charge in [-0.25, -0.2) is 0 Å². The van der Waals surface area contributed by atoms with Gasteiger partial charge < -0.3 is 5.32 Å². The summed E-state index contributed by atoms with van der Waals surface area (Å²) in [7, 11) is 0. The van der Waals surface area contributed by atoms with Crippen LogP contribution in [0.5, 0.6) is 0 Å². The number of nitriles is 1. The third-order valence-electron chi connectivity index (χ3n) is 3.73. The van der Waals surface area contributed by atoms with E-state index in [1.807, 2.05) is 13.8 Å².